The zero-order valence-corrected chi connectivity index (χ0v) is 16.0. The molecule has 0 saturated heterocycles. The van der Waals surface area contributed by atoms with E-state index in [4.69, 9.17) is 4.74 Å². The summed E-state index contributed by atoms with van der Waals surface area (Å²) in [5.74, 6) is -0.775. The number of carbonyl (C=O) groups excluding carboxylic acids is 1. The molecule has 0 amide bonds. The number of nitrogens with one attached hydrogen (secondary N) is 3. The lowest BCUT2D eigenvalue weighted by molar-refractivity contribution is 0.0519. The number of rotatable bonds is 7. The van der Waals surface area contributed by atoms with Crippen molar-refractivity contribution >= 4 is 23.7 Å². The Bertz CT molecular complexity index is 1030. The fourth-order valence-corrected chi connectivity index (χ4v) is 2.54. The van der Waals surface area contributed by atoms with Crippen LogP contribution in [0.15, 0.2) is 24.3 Å². The fourth-order valence-electron chi connectivity index (χ4n) is 2.54. The molecule has 1 atom stereocenters. The highest BCUT2D eigenvalue weighted by Crippen LogP contribution is 2.22. The number of aromatic amines is 1. The first-order valence-electron chi connectivity index (χ1n) is 8.79. The Kier molecular flexibility index (Phi) is 5.96. The molecule has 1 unspecified atom stereocenters. The molecule has 3 rings (SSSR count). The summed E-state index contributed by atoms with van der Waals surface area (Å²) in [6.07, 6.45) is 0. The average molecular weight is 403 g/mol. The Balaban J connectivity index is 1.75. The van der Waals surface area contributed by atoms with Gasteiger partial charge in [0.2, 0.25) is 11.9 Å². The summed E-state index contributed by atoms with van der Waals surface area (Å²) in [6, 6.07) is 4.29. The maximum Gasteiger partial charge on any atom is 0.356 e. The zero-order valence-electron chi connectivity index (χ0n) is 16.0. The number of nitrogens with zero attached hydrogens (tertiary/aromatic N) is 4. The monoisotopic (exact) mass is 403 g/mol. The molecular formula is C18H19F2N7O2. The molecule has 0 spiro atoms. The van der Waals surface area contributed by atoms with Crippen LogP contribution in [0.1, 0.15) is 41.8 Å². The average Bonchev–Trinajstić information content (AvgIpc) is 3.09. The van der Waals surface area contributed by atoms with Crippen molar-refractivity contribution in [2.45, 2.75) is 26.8 Å². The van der Waals surface area contributed by atoms with E-state index in [1.165, 1.54) is 18.2 Å². The SMILES string of the molecule is CCOC(=O)c1cc(Nc2nc(C)nc(NC(C)c3ccc(F)cc3F)n2)n[nH]1. The second-order valence-electron chi connectivity index (χ2n) is 6.07. The van der Waals surface area contributed by atoms with E-state index in [1.54, 1.807) is 20.8 Å². The van der Waals surface area contributed by atoms with Gasteiger partial charge in [0.15, 0.2) is 5.82 Å². The number of benzene rings is 1. The first-order valence-corrected chi connectivity index (χ1v) is 8.79. The number of hydrogen-bond acceptors (Lipinski definition) is 8. The van der Waals surface area contributed by atoms with Crippen LogP contribution >= 0.6 is 0 Å². The molecule has 0 radical (unpaired) electrons. The maximum absolute atomic E-state index is 14.0. The number of esters is 1. The minimum absolute atomic E-state index is 0.175. The van der Waals surface area contributed by atoms with Crippen LogP contribution in [-0.2, 0) is 4.74 Å². The summed E-state index contributed by atoms with van der Waals surface area (Å²) in [5.41, 5.74) is 0.448. The molecule has 0 saturated carbocycles. The molecule has 11 heteroatoms. The van der Waals surface area contributed by atoms with Crippen LogP contribution in [0.2, 0.25) is 0 Å². The lowest BCUT2D eigenvalue weighted by Crippen LogP contribution is -2.13. The van der Waals surface area contributed by atoms with Crippen LogP contribution in [-0.4, -0.2) is 37.7 Å². The normalized spacial score (nSPS) is 11.8. The van der Waals surface area contributed by atoms with E-state index in [1.807, 2.05) is 0 Å². The Morgan fingerprint density at radius 3 is 2.69 bits per heavy atom. The van der Waals surface area contributed by atoms with Gasteiger partial charge in [0.25, 0.3) is 0 Å². The molecule has 0 fully saturated rings. The molecule has 9 nitrogen and oxygen atoms in total. The minimum atomic E-state index is -0.669. The largest absolute Gasteiger partial charge is 0.461 e. The number of aromatic nitrogens is 5. The Morgan fingerprint density at radius 2 is 1.97 bits per heavy atom. The maximum atomic E-state index is 14.0. The molecule has 2 aromatic heterocycles. The predicted molar refractivity (Wildman–Crippen MR) is 101 cm³/mol. The highest BCUT2D eigenvalue weighted by molar-refractivity contribution is 5.88. The van der Waals surface area contributed by atoms with Crippen LogP contribution in [0, 0.1) is 18.6 Å². The molecule has 2 heterocycles. The molecule has 0 bridgehead atoms. The van der Waals surface area contributed by atoms with Gasteiger partial charge >= 0.3 is 5.97 Å². The van der Waals surface area contributed by atoms with Gasteiger partial charge in [-0.05, 0) is 26.8 Å². The van der Waals surface area contributed by atoms with Gasteiger partial charge < -0.3 is 15.4 Å². The van der Waals surface area contributed by atoms with Crippen molar-refractivity contribution in [1.82, 2.24) is 25.1 Å². The van der Waals surface area contributed by atoms with E-state index in [2.05, 4.69) is 35.8 Å². The molecule has 152 valence electrons. The van der Waals surface area contributed by atoms with Crippen molar-refractivity contribution in [2.75, 3.05) is 17.2 Å². The van der Waals surface area contributed by atoms with Gasteiger partial charge in [-0.15, -0.1) is 0 Å². The summed E-state index contributed by atoms with van der Waals surface area (Å²) < 4.78 is 32.0. The number of hydrogen-bond donors (Lipinski definition) is 3. The van der Waals surface area contributed by atoms with Gasteiger partial charge in [-0.1, -0.05) is 6.07 Å². The number of halogens is 2. The zero-order chi connectivity index (χ0) is 21.0. The lowest BCUT2D eigenvalue weighted by atomic mass is 10.1. The van der Waals surface area contributed by atoms with Gasteiger partial charge in [-0.2, -0.15) is 20.1 Å². The van der Waals surface area contributed by atoms with Gasteiger partial charge in [0.05, 0.1) is 12.6 Å². The van der Waals surface area contributed by atoms with Gasteiger partial charge in [0.1, 0.15) is 23.2 Å². The molecule has 29 heavy (non-hydrogen) atoms. The minimum Gasteiger partial charge on any atom is -0.461 e. The Morgan fingerprint density at radius 1 is 1.21 bits per heavy atom. The second-order valence-corrected chi connectivity index (χ2v) is 6.07. The molecule has 0 aliphatic rings. The van der Waals surface area contributed by atoms with Crippen LogP contribution < -0.4 is 10.6 Å². The number of anilines is 3. The van der Waals surface area contributed by atoms with Gasteiger partial charge in [0, 0.05) is 17.7 Å². The summed E-state index contributed by atoms with van der Waals surface area (Å²) in [4.78, 5) is 24.3. The van der Waals surface area contributed by atoms with E-state index in [0.717, 1.165) is 6.07 Å². The molecule has 3 aromatic rings. The van der Waals surface area contributed by atoms with E-state index in [9.17, 15) is 13.6 Å². The summed E-state index contributed by atoms with van der Waals surface area (Å²) in [5, 5.41) is 12.3. The molecule has 3 N–H and O–H groups in total. The number of ether oxygens (including phenoxy) is 1. The quantitative estimate of drug-likeness (QED) is 0.515. The third kappa shape index (κ3) is 5.00. The second kappa shape index (κ2) is 8.59. The van der Waals surface area contributed by atoms with Crippen LogP contribution in [0.4, 0.5) is 26.5 Å². The molecular weight excluding hydrogens is 384 g/mol. The third-order valence-corrected chi connectivity index (χ3v) is 3.83. The predicted octanol–water partition coefficient (Wildman–Crippen LogP) is 3.27. The van der Waals surface area contributed by atoms with Gasteiger partial charge in [-0.3, -0.25) is 5.10 Å². The molecule has 0 aliphatic heterocycles. The highest BCUT2D eigenvalue weighted by atomic mass is 19.1. The smallest absolute Gasteiger partial charge is 0.356 e. The van der Waals surface area contributed by atoms with Crippen molar-refractivity contribution in [3.05, 3.63) is 53.0 Å². The molecule has 0 aliphatic carbocycles. The van der Waals surface area contributed by atoms with Crippen molar-refractivity contribution in [1.29, 1.82) is 0 Å². The van der Waals surface area contributed by atoms with Crippen LogP contribution in [0.25, 0.3) is 0 Å². The summed E-state index contributed by atoms with van der Waals surface area (Å²) >= 11 is 0. The lowest BCUT2D eigenvalue weighted by Gasteiger charge is -2.15. The van der Waals surface area contributed by atoms with Crippen molar-refractivity contribution in [2.24, 2.45) is 0 Å². The number of aryl methyl sites for hydroxylation is 1. The van der Waals surface area contributed by atoms with Gasteiger partial charge in [-0.25, -0.2) is 13.6 Å². The third-order valence-electron chi connectivity index (χ3n) is 3.83. The van der Waals surface area contributed by atoms with E-state index in [-0.39, 0.29) is 29.8 Å². The highest BCUT2D eigenvalue weighted by Gasteiger charge is 2.15. The van der Waals surface area contributed by atoms with Crippen LogP contribution in [0.5, 0.6) is 0 Å². The first-order chi connectivity index (χ1) is 13.9. The van der Waals surface area contributed by atoms with Crippen molar-refractivity contribution in [3.63, 3.8) is 0 Å². The fraction of sp³-hybridized carbons (Fsp3) is 0.278. The standard InChI is InChI=1S/C18H19F2N7O2/c1-4-29-16(28)14-8-15(27-26-14)24-18-23-10(3)22-17(25-18)21-9(2)12-6-5-11(19)7-13(12)20/h5-9H,4H2,1-3H3,(H3,21,22,23,24,25,26,27). The molecule has 1 aromatic carbocycles. The Labute approximate surface area is 164 Å². The van der Waals surface area contributed by atoms with E-state index < -0.39 is 23.6 Å². The van der Waals surface area contributed by atoms with E-state index >= 15 is 0 Å². The topological polar surface area (TPSA) is 118 Å². The van der Waals surface area contributed by atoms with Crippen molar-refractivity contribution < 1.29 is 18.3 Å². The Hall–Kier alpha value is -3.63. The number of H-pyrrole nitrogens is 1. The summed E-state index contributed by atoms with van der Waals surface area (Å²) in [6.45, 7) is 5.31. The first kappa shape index (κ1) is 20.1. The summed E-state index contributed by atoms with van der Waals surface area (Å²) in [7, 11) is 0. The number of carbonyl (C=O) groups is 1. The van der Waals surface area contributed by atoms with Crippen molar-refractivity contribution in [3.8, 4) is 0 Å². The van der Waals surface area contributed by atoms with Crippen LogP contribution in [0.3, 0.4) is 0 Å². The van der Waals surface area contributed by atoms with E-state index in [0.29, 0.717) is 11.6 Å².